The molecule has 1 atom stereocenters. The van der Waals surface area contributed by atoms with Gasteiger partial charge < -0.3 is 5.32 Å². The Morgan fingerprint density at radius 2 is 2.09 bits per heavy atom. The fourth-order valence-electron chi connectivity index (χ4n) is 3.73. The molecule has 4 nitrogen and oxygen atoms in total. The Bertz CT molecular complexity index is 596. The zero-order valence-electron chi connectivity index (χ0n) is 13.0. The van der Waals surface area contributed by atoms with Crippen LogP contribution in [0.1, 0.15) is 23.4 Å². The monoisotopic (exact) mass is 296 g/mol. The zero-order chi connectivity index (χ0) is 14.8. The van der Waals surface area contributed by atoms with Crippen LogP contribution in [0.15, 0.2) is 36.4 Å². The summed E-state index contributed by atoms with van der Waals surface area (Å²) in [5, 5.41) is 8.17. The highest BCUT2D eigenvalue weighted by molar-refractivity contribution is 5.16. The van der Waals surface area contributed by atoms with Crippen LogP contribution < -0.4 is 5.32 Å². The summed E-state index contributed by atoms with van der Waals surface area (Å²) in [6.07, 6.45) is 2.52. The lowest BCUT2D eigenvalue weighted by Gasteiger charge is -2.15. The average molecular weight is 296 g/mol. The maximum atomic E-state index is 4.76. The molecule has 1 aromatic heterocycles. The van der Waals surface area contributed by atoms with Crippen molar-refractivity contribution < 1.29 is 0 Å². The van der Waals surface area contributed by atoms with Gasteiger partial charge in [0.05, 0.1) is 17.9 Å². The quantitative estimate of drug-likeness (QED) is 0.937. The lowest BCUT2D eigenvalue weighted by molar-refractivity contribution is 0.310. The van der Waals surface area contributed by atoms with Crippen LogP contribution in [0.4, 0.5) is 0 Å². The number of nitrogens with one attached hydrogen (secondary N) is 1. The summed E-state index contributed by atoms with van der Waals surface area (Å²) in [4.78, 5) is 2.56. The standard InChI is InChI=1S/C18H24N4/c1-2-4-15(5-3-1)10-16-6-8-21(13-16)14-17-11-18-12-19-7-9-22(18)20-17/h1-5,11,16,19H,6-10,12-14H2/t16-/m1/s1. The third-order valence-electron chi connectivity index (χ3n) is 4.84. The minimum absolute atomic E-state index is 0.793. The normalized spacial score (nSPS) is 21.9. The Morgan fingerprint density at radius 1 is 1.18 bits per heavy atom. The lowest BCUT2D eigenvalue weighted by Crippen LogP contribution is -2.28. The van der Waals surface area contributed by atoms with E-state index in [0.29, 0.717) is 0 Å². The number of hydrogen-bond acceptors (Lipinski definition) is 3. The molecule has 2 aliphatic heterocycles. The molecule has 0 amide bonds. The predicted octanol–water partition coefficient (Wildman–Crippen LogP) is 2.05. The first-order chi connectivity index (χ1) is 10.9. The van der Waals surface area contributed by atoms with Crippen molar-refractivity contribution >= 4 is 0 Å². The molecule has 4 rings (SSSR count). The van der Waals surface area contributed by atoms with Gasteiger partial charge in [0.2, 0.25) is 0 Å². The molecular formula is C18H24N4. The largest absolute Gasteiger partial charge is 0.309 e. The van der Waals surface area contributed by atoms with Gasteiger partial charge in [0.15, 0.2) is 0 Å². The molecule has 1 fully saturated rings. The van der Waals surface area contributed by atoms with Crippen molar-refractivity contribution in [2.45, 2.75) is 32.5 Å². The third kappa shape index (κ3) is 3.08. The van der Waals surface area contributed by atoms with Crippen LogP contribution in [0, 0.1) is 5.92 Å². The van der Waals surface area contributed by atoms with Gasteiger partial charge in [-0.3, -0.25) is 9.58 Å². The van der Waals surface area contributed by atoms with Crippen molar-refractivity contribution in [1.29, 1.82) is 0 Å². The summed E-state index contributed by atoms with van der Waals surface area (Å²) in [5.41, 5.74) is 4.04. The Labute approximate surface area is 132 Å². The third-order valence-corrected chi connectivity index (χ3v) is 4.84. The van der Waals surface area contributed by atoms with Crippen LogP contribution in [0.5, 0.6) is 0 Å². The van der Waals surface area contributed by atoms with Gasteiger partial charge >= 0.3 is 0 Å². The van der Waals surface area contributed by atoms with Gasteiger partial charge in [-0.25, -0.2) is 0 Å². The molecule has 2 aliphatic rings. The molecule has 0 spiro atoms. The molecule has 116 valence electrons. The molecule has 22 heavy (non-hydrogen) atoms. The molecule has 0 saturated carbocycles. The number of rotatable bonds is 4. The van der Waals surface area contributed by atoms with Crippen molar-refractivity contribution in [3.05, 3.63) is 53.3 Å². The smallest absolute Gasteiger partial charge is 0.0768 e. The molecule has 0 unspecified atom stereocenters. The van der Waals surface area contributed by atoms with Crippen molar-refractivity contribution in [1.82, 2.24) is 20.0 Å². The number of benzene rings is 1. The molecule has 2 aromatic rings. The fraction of sp³-hybridized carbons (Fsp3) is 0.500. The molecule has 4 heteroatoms. The second-order valence-electron chi connectivity index (χ2n) is 6.61. The number of likely N-dealkylation sites (tertiary alicyclic amines) is 1. The van der Waals surface area contributed by atoms with Crippen LogP contribution in [-0.2, 0) is 26.1 Å². The topological polar surface area (TPSA) is 33.1 Å². The van der Waals surface area contributed by atoms with Gasteiger partial charge in [0, 0.05) is 26.2 Å². The van der Waals surface area contributed by atoms with Crippen molar-refractivity contribution in [2.24, 2.45) is 5.92 Å². The van der Waals surface area contributed by atoms with Gasteiger partial charge in [0.1, 0.15) is 0 Å². The van der Waals surface area contributed by atoms with Crippen molar-refractivity contribution in [3.8, 4) is 0 Å². The van der Waals surface area contributed by atoms with E-state index < -0.39 is 0 Å². The maximum absolute atomic E-state index is 4.76. The molecule has 0 radical (unpaired) electrons. The predicted molar refractivity (Wildman–Crippen MR) is 87.5 cm³/mol. The molecule has 1 saturated heterocycles. The van der Waals surface area contributed by atoms with E-state index in [-0.39, 0.29) is 0 Å². The molecule has 1 aromatic carbocycles. The highest BCUT2D eigenvalue weighted by Gasteiger charge is 2.23. The van der Waals surface area contributed by atoms with Crippen LogP contribution in [0.2, 0.25) is 0 Å². The van der Waals surface area contributed by atoms with E-state index in [1.54, 1.807) is 0 Å². The summed E-state index contributed by atoms with van der Waals surface area (Å²) in [6, 6.07) is 13.2. The summed E-state index contributed by atoms with van der Waals surface area (Å²) in [5.74, 6) is 0.793. The number of nitrogens with zero attached hydrogens (tertiary/aromatic N) is 3. The first kappa shape index (κ1) is 14.0. The highest BCUT2D eigenvalue weighted by Crippen LogP contribution is 2.22. The highest BCUT2D eigenvalue weighted by atomic mass is 15.3. The van der Waals surface area contributed by atoms with Gasteiger partial charge in [-0.05, 0) is 36.9 Å². The van der Waals surface area contributed by atoms with Gasteiger partial charge in [-0.1, -0.05) is 30.3 Å². The van der Waals surface area contributed by atoms with Crippen LogP contribution in [0.25, 0.3) is 0 Å². The number of aromatic nitrogens is 2. The number of hydrogen-bond donors (Lipinski definition) is 1. The fourth-order valence-corrected chi connectivity index (χ4v) is 3.73. The molecule has 0 aliphatic carbocycles. The summed E-state index contributed by atoms with van der Waals surface area (Å²) >= 11 is 0. The Balaban J connectivity index is 1.34. The zero-order valence-corrected chi connectivity index (χ0v) is 13.0. The Hall–Kier alpha value is -1.65. The van der Waals surface area contributed by atoms with E-state index in [1.165, 1.54) is 42.9 Å². The van der Waals surface area contributed by atoms with E-state index in [4.69, 9.17) is 5.10 Å². The van der Waals surface area contributed by atoms with Crippen LogP contribution in [0.3, 0.4) is 0 Å². The molecule has 3 heterocycles. The minimum atomic E-state index is 0.793. The number of fused-ring (bicyclic) bond motifs is 1. The molecule has 1 N–H and O–H groups in total. The van der Waals surface area contributed by atoms with E-state index in [1.807, 2.05) is 0 Å². The van der Waals surface area contributed by atoms with Crippen molar-refractivity contribution in [2.75, 3.05) is 19.6 Å². The van der Waals surface area contributed by atoms with Gasteiger partial charge in [-0.15, -0.1) is 0 Å². The Kier molecular flexibility index (Phi) is 3.95. The van der Waals surface area contributed by atoms with Crippen LogP contribution in [-0.4, -0.2) is 34.3 Å². The second-order valence-corrected chi connectivity index (χ2v) is 6.61. The van der Waals surface area contributed by atoms with Gasteiger partial charge in [0.25, 0.3) is 0 Å². The maximum Gasteiger partial charge on any atom is 0.0768 e. The second kappa shape index (κ2) is 6.23. The first-order valence-electron chi connectivity index (χ1n) is 8.39. The first-order valence-corrected chi connectivity index (χ1v) is 8.39. The average Bonchev–Trinajstić information content (AvgIpc) is 3.14. The Morgan fingerprint density at radius 3 is 2.95 bits per heavy atom. The lowest BCUT2D eigenvalue weighted by atomic mass is 9.99. The minimum Gasteiger partial charge on any atom is -0.309 e. The van der Waals surface area contributed by atoms with Gasteiger partial charge in [-0.2, -0.15) is 5.10 Å². The van der Waals surface area contributed by atoms with E-state index in [2.05, 4.69) is 51.3 Å². The summed E-state index contributed by atoms with van der Waals surface area (Å²) < 4.78 is 2.17. The van der Waals surface area contributed by atoms with Crippen molar-refractivity contribution in [3.63, 3.8) is 0 Å². The van der Waals surface area contributed by atoms with Crippen LogP contribution >= 0.6 is 0 Å². The van der Waals surface area contributed by atoms with E-state index >= 15 is 0 Å². The summed E-state index contributed by atoms with van der Waals surface area (Å²) in [6.45, 7) is 6.42. The molecular weight excluding hydrogens is 272 g/mol. The van der Waals surface area contributed by atoms with E-state index in [9.17, 15) is 0 Å². The van der Waals surface area contributed by atoms with E-state index in [0.717, 1.165) is 32.1 Å². The molecule has 0 bridgehead atoms. The summed E-state index contributed by atoms with van der Waals surface area (Å²) in [7, 11) is 0. The SMILES string of the molecule is c1ccc(C[C@H]2CCN(Cc3cc4n(n3)CCNC4)C2)cc1.